The number of aryl methyl sites for hydroxylation is 1. The van der Waals surface area contributed by atoms with E-state index in [0.29, 0.717) is 5.56 Å². The van der Waals surface area contributed by atoms with Gasteiger partial charge in [-0.2, -0.15) is 0 Å². The van der Waals surface area contributed by atoms with Crippen molar-refractivity contribution in [3.05, 3.63) is 57.6 Å². The number of hydrogen-bond donors (Lipinski definition) is 1. The Bertz CT molecular complexity index is 862. The van der Waals surface area contributed by atoms with Crippen LogP contribution in [0, 0.1) is 0 Å². The molecule has 2 aromatic rings. The number of nitrogens with zero attached hydrogens (tertiary/aromatic N) is 1. The van der Waals surface area contributed by atoms with E-state index in [1.165, 1.54) is 0 Å². The van der Waals surface area contributed by atoms with Crippen molar-refractivity contribution in [2.45, 2.75) is 25.7 Å². The summed E-state index contributed by atoms with van der Waals surface area (Å²) in [6.07, 6.45) is 1.91. The fraction of sp³-hybridized carbons (Fsp3) is 0.263. The van der Waals surface area contributed by atoms with Crippen LogP contribution in [0.1, 0.15) is 40.7 Å². The Morgan fingerprint density at radius 2 is 2.12 bits per heavy atom. The summed E-state index contributed by atoms with van der Waals surface area (Å²) in [7, 11) is 0. The molecule has 0 aliphatic carbocycles. The lowest BCUT2D eigenvalue weighted by Crippen LogP contribution is -2.32. The molecule has 0 spiro atoms. The van der Waals surface area contributed by atoms with E-state index >= 15 is 0 Å². The first-order valence-corrected chi connectivity index (χ1v) is 8.89. The summed E-state index contributed by atoms with van der Waals surface area (Å²) in [5, 5.41) is 2.97. The minimum absolute atomic E-state index is 0.139. The number of amides is 2. The maximum absolute atomic E-state index is 12.5. The first-order valence-electron chi connectivity index (χ1n) is 8.09. The quantitative estimate of drug-likeness (QED) is 0.847. The van der Waals surface area contributed by atoms with Crippen LogP contribution in [0.5, 0.6) is 0 Å². The van der Waals surface area contributed by atoms with Crippen molar-refractivity contribution in [1.82, 2.24) is 0 Å². The fourth-order valence-electron chi connectivity index (χ4n) is 3.60. The van der Waals surface area contributed by atoms with E-state index < -0.39 is 0 Å². The molecule has 0 saturated carbocycles. The number of rotatable bonds is 2. The SMILES string of the molecule is CC1C(=O)N2CCCc3cc(NC(=O)c4cccc(Br)c4)cc1c32. The van der Waals surface area contributed by atoms with Gasteiger partial charge in [-0.1, -0.05) is 22.0 Å². The molecule has 1 unspecified atom stereocenters. The Hall–Kier alpha value is -2.14. The molecule has 24 heavy (non-hydrogen) atoms. The van der Waals surface area contributed by atoms with Crippen LogP contribution < -0.4 is 10.2 Å². The molecule has 0 fully saturated rings. The van der Waals surface area contributed by atoms with Crippen molar-refractivity contribution in [1.29, 1.82) is 0 Å². The highest BCUT2D eigenvalue weighted by Gasteiger charge is 2.37. The van der Waals surface area contributed by atoms with Gasteiger partial charge in [-0.3, -0.25) is 9.59 Å². The predicted octanol–water partition coefficient (Wildman–Crippen LogP) is 4.10. The second-order valence-corrected chi connectivity index (χ2v) is 7.27. The molecule has 2 amide bonds. The van der Waals surface area contributed by atoms with Crippen LogP contribution in [0.4, 0.5) is 11.4 Å². The lowest BCUT2D eigenvalue weighted by Gasteiger charge is -2.26. The Labute approximate surface area is 149 Å². The van der Waals surface area contributed by atoms with E-state index in [1.807, 2.05) is 36.1 Å². The van der Waals surface area contributed by atoms with E-state index in [1.54, 1.807) is 12.1 Å². The highest BCUT2D eigenvalue weighted by Crippen LogP contribution is 2.44. The highest BCUT2D eigenvalue weighted by molar-refractivity contribution is 9.10. The lowest BCUT2D eigenvalue weighted by atomic mass is 9.96. The van der Waals surface area contributed by atoms with Gasteiger partial charge in [-0.25, -0.2) is 0 Å². The highest BCUT2D eigenvalue weighted by atomic mass is 79.9. The topological polar surface area (TPSA) is 49.4 Å². The molecule has 5 heteroatoms. The molecule has 2 aliphatic heterocycles. The normalized spacial score (nSPS) is 18.5. The van der Waals surface area contributed by atoms with Crippen LogP contribution in [0.25, 0.3) is 0 Å². The van der Waals surface area contributed by atoms with Crippen LogP contribution in [-0.4, -0.2) is 18.4 Å². The molecule has 1 atom stereocenters. The third-order valence-electron chi connectivity index (χ3n) is 4.76. The molecule has 1 N–H and O–H groups in total. The summed E-state index contributed by atoms with van der Waals surface area (Å²) in [4.78, 5) is 26.8. The van der Waals surface area contributed by atoms with Gasteiger partial charge in [0.15, 0.2) is 0 Å². The number of anilines is 2. The molecule has 0 aromatic heterocycles. The van der Waals surface area contributed by atoms with E-state index in [-0.39, 0.29) is 17.7 Å². The molecule has 2 aliphatic rings. The predicted molar refractivity (Wildman–Crippen MR) is 97.6 cm³/mol. The third kappa shape index (κ3) is 2.44. The molecular weight excluding hydrogens is 368 g/mol. The van der Waals surface area contributed by atoms with Gasteiger partial charge < -0.3 is 10.2 Å². The summed E-state index contributed by atoms with van der Waals surface area (Å²) < 4.78 is 0.869. The largest absolute Gasteiger partial charge is 0.322 e. The van der Waals surface area contributed by atoms with Crippen molar-refractivity contribution in [3.8, 4) is 0 Å². The Morgan fingerprint density at radius 1 is 1.29 bits per heavy atom. The maximum atomic E-state index is 12.5. The second kappa shape index (κ2) is 5.74. The molecule has 4 nitrogen and oxygen atoms in total. The minimum Gasteiger partial charge on any atom is -0.322 e. The second-order valence-electron chi connectivity index (χ2n) is 6.35. The number of benzene rings is 2. The molecule has 2 aromatic carbocycles. The van der Waals surface area contributed by atoms with Crippen molar-refractivity contribution in [2.75, 3.05) is 16.8 Å². The summed E-state index contributed by atoms with van der Waals surface area (Å²) in [5.41, 5.74) is 4.61. The van der Waals surface area contributed by atoms with E-state index in [9.17, 15) is 9.59 Å². The number of halogens is 1. The van der Waals surface area contributed by atoms with Gasteiger partial charge in [0.25, 0.3) is 5.91 Å². The van der Waals surface area contributed by atoms with Gasteiger partial charge in [-0.05, 0) is 61.2 Å². The molecule has 2 heterocycles. The average Bonchev–Trinajstić information content (AvgIpc) is 2.82. The van der Waals surface area contributed by atoms with Gasteiger partial charge in [0.1, 0.15) is 0 Å². The van der Waals surface area contributed by atoms with E-state index in [4.69, 9.17) is 0 Å². The molecule has 0 radical (unpaired) electrons. The maximum Gasteiger partial charge on any atom is 0.255 e. The molecule has 0 saturated heterocycles. The van der Waals surface area contributed by atoms with Gasteiger partial charge in [0, 0.05) is 22.3 Å². The smallest absolute Gasteiger partial charge is 0.255 e. The number of carbonyl (C=O) groups excluding carboxylic acids is 2. The van der Waals surface area contributed by atoms with Gasteiger partial charge in [0.2, 0.25) is 5.91 Å². The Morgan fingerprint density at radius 3 is 2.92 bits per heavy atom. The zero-order valence-electron chi connectivity index (χ0n) is 13.3. The Balaban J connectivity index is 1.69. The summed E-state index contributed by atoms with van der Waals surface area (Å²) in [5.74, 6) is -0.117. The monoisotopic (exact) mass is 384 g/mol. The van der Waals surface area contributed by atoms with Gasteiger partial charge in [-0.15, -0.1) is 0 Å². The average molecular weight is 385 g/mol. The zero-order chi connectivity index (χ0) is 16.8. The summed E-state index contributed by atoms with van der Waals surface area (Å²) in [6.45, 7) is 2.74. The van der Waals surface area contributed by atoms with Crippen LogP contribution >= 0.6 is 15.9 Å². The Kier molecular flexibility index (Phi) is 3.68. The van der Waals surface area contributed by atoms with Crippen LogP contribution in [0.15, 0.2) is 40.9 Å². The molecule has 4 rings (SSSR count). The first kappa shape index (κ1) is 15.4. The summed E-state index contributed by atoms with van der Waals surface area (Å²) in [6, 6.07) is 11.3. The fourth-order valence-corrected chi connectivity index (χ4v) is 4.00. The van der Waals surface area contributed by atoms with Gasteiger partial charge in [0.05, 0.1) is 11.6 Å². The van der Waals surface area contributed by atoms with Crippen molar-refractivity contribution in [3.63, 3.8) is 0 Å². The number of nitrogens with one attached hydrogen (secondary N) is 1. The van der Waals surface area contributed by atoms with Crippen molar-refractivity contribution < 1.29 is 9.59 Å². The van der Waals surface area contributed by atoms with Crippen LogP contribution in [-0.2, 0) is 11.2 Å². The van der Waals surface area contributed by atoms with E-state index in [0.717, 1.165) is 46.4 Å². The zero-order valence-corrected chi connectivity index (χ0v) is 14.9. The standard InChI is InChI=1S/C19H17BrN2O2/c1-11-16-10-15(21-18(23)13-4-2-6-14(20)8-13)9-12-5-3-7-22(17(12)16)19(11)24/h2,4,6,8-11H,3,5,7H2,1H3,(H,21,23). The molecule has 0 bridgehead atoms. The van der Waals surface area contributed by atoms with E-state index in [2.05, 4.69) is 21.2 Å². The van der Waals surface area contributed by atoms with Crippen LogP contribution in [0.2, 0.25) is 0 Å². The molecule has 122 valence electrons. The summed E-state index contributed by atoms with van der Waals surface area (Å²) >= 11 is 3.38. The molecular formula is C19H17BrN2O2. The van der Waals surface area contributed by atoms with Crippen LogP contribution in [0.3, 0.4) is 0 Å². The first-order chi connectivity index (χ1) is 11.5. The van der Waals surface area contributed by atoms with Gasteiger partial charge >= 0.3 is 0 Å². The number of carbonyl (C=O) groups is 2. The third-order valence-corrected chi connectivity index (χ3v) is 5.26. The van der Waals surface area contributed by atoms with Crippen molar-refractivity contribution >= 4 is 39.1 Å². The lowest BCUT2D eigenvalue weighted by molar-refractivity contribution is -0.119. The number of hydrogen-bond acceptors (Lipinski definition) is 2. The van der Waals surface area contributed by atoms with Crippen molar-refractivity contribution in [2.24, 2.45) is 0 Å². The minimum atomic E-state index is -0.145.